The third-order valence-corrected chi connectivity index (χ3v) is 6.02. The van der Waals surface area contributed by atoms with Crippen molar-refractivity contribution in [1.29, 1.82) is 0 Å². The number of esters is 1. The smallest absolute Gasteiger partial charge is 0.341 e. The van der Waals surface area contributed by atoms with Crippen LogP contribution >= 0.6 is 0 Å². The highest BCUT2D eigenvalue weighted by Crippen LogP contribution is 2.57. The predicted octanol–water partition coefficient (Wildman–Crippen LogP) is 2.86. The number of ether oxygens (including phenoxy) is 2. The minimum atomic E-state index is -1.70. The summed E-state index contributed by atoms with van der Waals surface area (Å²) in [5.74, 6) is -1.29. The Hall–Kier alpha value is -3.35. The van der Waals surface area contributed by atoms with E-state index in [1.54, 1.807) is 37.3 Å². The topological polar surface area (TPSA) is 98.9 Å². The molecule has 2 heterocycles. The monoisotopic (exact) mass is 422 g/mol. The fraction of sp³-hybridized carbons (Fsp3) is 0.375. The van der Waals surface area contributed by atoms with Gasteiger partial charge in [0, 0.05) is 30.6 Å². The number of anilines is 1. The van der Waals surface area contributed by atoms with E-state index in [2.05, 4.69) is 6.58 Å². The van der Waals surface area contributed by atoms with E-state index in [0.717, 1.165) is 0 Å². The quantitative estimate of drug-likeness (QED) is 0.592. The van der Waals surface area contributed by atoms with Crippen LogP contribution in [0.25, 0.3) is 0 Å². The second kappa shape index (κ2) is 7.11. The minimum absolute atomic E-state index is 0.0881. The molecule has 1 spiro atoms. The molecule has 1 amide bonds. The van der Waals surface area contributed by atoms with Crippen LogP contribution in [0.15, 0.2) is 59.7 Å². The third-order valence-electron chi connectivity index (χ3n) is 6.02. The highest BCUT2D eigenvalue weighted by molar-refractivity contribution is 6.23. The lowest BCUT2D eigenvalue weighted by molar-refractivity contribution is -0.141. The SMILES string of the molecule is C=CCN1C(=O)[C@]2(C(C(=O)OCC)=C(N)OC3=C2C(=O)CC(C)(C)C3)c2ccccc21. The van der Waals surface area contributed by atoms with Crippen LogP contribution in [0.5, 0.6) is 0 Å². The number of nitrogens with two attached hydrogens (primary N) is 1. The maximum absolute atomic E-state index is 14.1. The second-order valence-corrected chi connectivity index (χ2v) is 8.77. The van der Waals surface area contributed by atoms with Crippen molar-refractivity contribution in [2.45, 2.75) is 39.0 Å². The van der Waals surface area contributed by atoms with Gasteiger partial charge in [0.15, 0.2) is 5.78 Å². The maximum Gasteiger partial charge on any atom is 0.341 e. The molecule has 4 rings (SSSR count). The molecule has 1 aliphatic carbocycles. The lowest BCUT2D eigenvalue weighted by Crippen LogP contribution is -2.52. The van der Waals surface area contributed by atoms with Gasteiger partial charge in [0.1, 0.15) is 16.7 Å². The molecule has 0 unspecified atom stereocenters. The van der Waals surface area contributed by atoms with E-state index in [1.165, 1.54) is 4.90 Å². The first-order valence-electron chi connectivity index (χ1n) is 10.3. The molecule has 0 saturated heterocycles. The second-order valence-electron chi connectivity index (χ2n) is 8.77. The molecule has 7 heteroatoms. The lowest BCUT2D eigenvalue weighted by atomic mass is 9.62. The number of allylic oxidation sites excluding steroid dienone is 1. The summed E-state index contributed by atoms with van der Waals surface area (Å²) < 4.78 is 11.1. The number of ketones is 1. The molecule has 0 fully saturated rings. The lowest BCUT2D eigenvalue weighted by Gasteiger charge is -2.42. The largest absolute Gasteiger partial charge is 0.462 e. The zero-order valence-corrected chi connectivity index (χ0v) is 18.0. The number of Topliss-reactive ketones (excluding diaryl/α,β-unsaturated/α-hetero) is 1. The van der Waals surface area contributed by atoms with Gasteiger partial charge in [-0.15, -0.1) is 6.58 Å². The summed E-state index contributed by atoms with van der Waals surface area (Å²) in [6, 6.07) is 7.12. The van der Waals surface area contributed by atoms with Gasteiger partial charge in [-0.1, -0.05) is 38.1 Å². The van der Waals surface area contributed by atoms with Crippen LogP contribution in [0, 0.1) is 5.41 Å². The Labute approximate surface area is 181 Å². The zero-order chi connectivity index (χ0) is 22.6. The van der Waals surface area contributed by atoms with E-state index in [-0.39, 0.29) is 47.8 Å². The molecule has 0 aromatic heterocycles. The van der Waals surface area contributed by atoms with Crippen LogP contribution in [0.1, 0.15) is 39.2 Å². The molecule has 7 nitrogen and oxygen atoms in total. The Morgan fingerprint density at radius 3 is 2.68 bits per heavy atom. The number of hydrogen-bond acceptors (Lipinski definition) is 6. The summed E-state index contributed by atoms with van der Waals surface area (Å²) in [6.45, 7) is 9.64. The van der Waals surface area contributed by atoms with Gasteiger partial charge < -0.3 is 20.1 Å². The van der Waals surface area contributed by atoms with Gasteiger partial charge in [-0.25, -0.2) is 4.79 Å². The van der Waals surface area contributed by atoms with Gasteiger partial charge in [0.25, 0.3) is 0 Å². The van der Waals surface area contributed by atoms with Crippen LogP contribution in [0.4, 0.5) is 5.69 Å². The number of rotatable bonds is 4. The van der Waals surface area contributed by atoms with E-state index in [0.29, 0.717) is 23.4 Å². The molecular weight excluding hydrogens is 396 g/mol. The molecular formula is C24H26N2O5. The first-order valence-corrected chi connectivity index (χ1v) is 10.3. The Morgan fingerprint density at radius 1 is 1.29 bits per heavy atom. The van der Waals surface area contributed by atoms with Crippen LogP contribution in [0.3, 0.4) is 0 Å². The number of fused-ring (bicyclic) bond motifs is 3. The average molecular weight is 422 g/mol. The zero-order valence-electron chi connectivity index (χ0n) is 18.0. The van der Waals surface area contributed by atoms with E-state index < -0.39 is 17.3 Å². The molecule has 0 bridgehead atoms. The number of carbonyl (C=O) groups excluding carboxylic acids is 3. The van der Waals surface area contributed by atoms with Gasteiger partial charge in [-0.05, 0) is 18.4 Å². The fourth-order valence-electron chi connectivity index (χ4n) is 4.97. The number of carbonyl (C=O) groups is 3. The first kappa shape index (κ1) is 20.9. The fourth-order valence-corrected chi connectivity index (χ4v) is 4.97. The predicted molar refractivity (Wildman–Crippen MR) is 115 cm³/mol. The van der Waals surface area contributed by atoms with Gasteiger partial charge in [0.05, 0.1) is 12.2 Å². The Balaban J connectivity index is 2.09. The summed E-state index contributed by atoms with van der Waals surface area (Å²) in [5.41, 5.74) is 5.39. The van der Waals surface area contributed by atoms with Crippen LogP contribution in [-0.4, -0.2) is 30.8 Å². The van der Waals surface area contributed by atoms with Crippen molar-refractivity contribution in [3.05, 3.63) is 65.3 Å². The van der Waals surface area contributed by atoms with Crippen molar-refractivity contribution in [2.24, 2.45) is 11.1 Å². The maximum atomic E-state index is 14.1. The Morgan fingerprint density at radius 2 is 2.00 bits per heavy atom. The molecule has 3 aliphatic rings. The number of para-hydroxylation sites is 1. The molecule has 162 valence electrons. The molecule has 0 radical (unpaired) electrons. The highest BCUT2D eigenvalue weighted by atomic mass is 16.5. The summed E-state index contributed by atoms with van der Waals surface area (Å²) in [7, 11) is 0. The van der Waals surface area contributed by atoms with E-state index in [4.69, 9.17) is 15.2 Å². The third kappa shape index (κ3) is 2.83. The molecule has 1 atom stereocenters. The van der Waals surface area contributed by atoms with Crippen molar-refractivity contribution in [3.63, 3.8) is 0 Å². The van der Waals surface area contributed by atoms with Crippen molar-refractivity contribution >= 4 is 23.3 Å². The highest BCUT2D eigenvalue weighted by Gasteiger charge is 2.64. The summed E-state index contributed by atoms with van der Waals surface area (Å²) in [6.07, 6.45) is 2.25. The number of benzene rings is 1. The molecule has 2 aliphatic heterocycles. The van der Waals surface area contributed by atoms with E-state index in [1.807, 2.05) is 13.8 Å². The van der Waals surface area contributed by atoms with Gasteiger partial charge in [-0.2, -0.15) is 0 Å². The van der Waals surface area contributed by atoms with Crippen molar-refractivity contribution in [1.82, 2.24) is 0 Å². The van der Waals surface area contributed by atoms with Crippen LogP contribution in [-0.2, 0) is 29.3 Å². The summed E-state index contributed by atoms with van der Waals surface area (Å²) >= 11 is 0. The minimum Gasteiger partial charge on any atom is -0.462 e. The molecule has 31 heavy (non-hydrogen) atoms. The van der Waals surface area contributed by atoms with Gasteiger partial charge in [0.2, 0.25) is 11.8 Å². The van der Waals surface area contributed by atoms with E-state index >= 15 is 0 Å². The number of amides is 1. The molecule has 0 saturated carbocycles. The standard InChI is InChI=1S/C24H26N2O5/c1-5-11-26-15-10-8-7-9-14(15)24(22(26)29)18-16(27)12-23(3,4)13-17(18)31-20(25)19(24)21(28)30-6-2/h5,7-10H,1,6,11-13,25H2,2-4H3/t24-/m1/s1. The van der Waals surface area contributed by atoms with Crippen molar-refractivity contribution in [3.8, 4) is 0 Å². The normalized spacial score (nSPS) is 24.2. The summed E-state index contributed by atoms with van der Waals surface area (Å²) in [4.78, 5) is 42.3. The number of hydrogen-bond donors (Lipinski definition) is 1. The first-order chi connectivity index (χ1) is 14.7. The van der Waals surface area contributed by atoms with Crippen molar-refractivity contribution < 1.29 is 23.9 Å². The Kier molecular flexibility index (Phi) is 4.80. The molecule has 1 aromatic rings. The van der Waals surface area contributed by atoms with Gasteiger partial charge >= 0.3 is 5.97 Å². The number of nitrogens with zero attached hydrogens (tertiary/aromatic N) is 1. The Bertz CT molecular complexity index is 1080. The van der Waals surface area contributed by atoms with Crippen molar-refractivity contribution in [2.75, 3.05) is 18.1 Å². The van der Waals surface area contributed by atoms with Gasteiger partial charge in [-0.3, -0.25) is 9.59 Å². The van der Waals surface area contributed by atoms with Crippen LogP contribution in [0.2, 0.25) is 0 Å². The molecule has 1 aromatic carbocycles. The summed E-state index contributed by atoms with van der Waals surface area (Å²) in [5, 5.41) is 0. The van der Waals surface area contributed by atoms with Crippen LogP contribution < -0.4 is 10.6 Å². The molecule has 2 N–H and O–H groups in total. The average Bonchev–Trinajstić information content (AvgIpc) is 2.91. The van der Waals surface area contributed by atoms with E-state index in [9.17, 15) is 14.4 Å².